The number of anilines is 6. The van der Waals surface area contributed by atoms with E-state index in [9.17, 15) is 0 Å². The summed E-state index contributed by atoms with van der Waals surface area (Å²) in [6, 6.07) is 168. The molecule has 21 aromatic carbocycles. The second-order valence-electron chi connectivity index (χ2n) is 38.1. The Balaban J connectivity index is 0.000000115. The summed E-state index contributed by atoms with van der Waals surface area (Å²) >= 11 is 0. The van der Waals surface area contributed by atoms with Crippen molar-refractivity contribution in [2.75, 3.05) is 9.80 Å². The number of rotatable bonds is 15. The van der Waals surface area contributed by atoms with Crippen molar-refractivity contribution in [2.45, 2.75) is 95.3 Å². The highest BCUT2D eigenvalue weighted by Crippen LogP contribution is 2.53. The second-order valence-corrected chi connectivity index (χ2v) is 38.1. The molecule has 2 aromatic heterocycles. The van der Waals surface area contributed by atoms with Crippen LogP contribution in [0.5, 0.6) is 0 Å². The van der Waals surface area contributed by atoms with Crippen molar-refractivity contribution in [3.05, 3.63) is 483 Å². The van der Waals surface area contributed by atoms with Crippen LogP contribution in [-0.2, 0) is 5.41 Å². The highest BCUT2D eigenvalue weighted by molar-refractivity contribution is 6.24. The molecule has 0 N–H and O–H groups in total. The topological polar surface area (TPSA) is 32.8 Å². The van der Waals surface area contributed by atoms with Crippen molar-refractivity contribution in [3.8, 4) is 89.0 Å². The van der Waals surface area contributed by atoms with Crippen molar-refractivity contribution in [2.24, 2.45) is 0 Å². The maximum Gasteiger partial charge on any atom is 0.143 e. The average molecular weight is 1760 g/mol. The zero-order valence-electron chi connectivity index (χ0n) is 77.3. The minimum absolute atomic E-state index is 0.0106. The third kappa shape index (κ3) is 16.0. The van der Waals surface area contributed by atoms with Crippen LogP contribution in [0.4, 0.5) is 34.1 Å². The molecule has 0 atom stereocenters. The van der Waals surface area contributed by atoms with Crippen molar-refractivity contribution < 1.29 is 8.83 Å². The molecule has 0 aliphatic heterocycles. The lowest BCUT2D eigenvalue weighted by molar-refractivity contribution is 0.443. The minimum atomic E-state index is -0.0106. The molecule has 0 saturated heterocycles. The first-order valence-corrected chi connectivity index (χ1v) is 49.0. The molecule has 3 aliphatic carbocycles. The molecule has 658 valence electrons. The maximum absolute atomic E-state index is 6.41. The molecule has 3 aliphatic rings. The van der Waals surface area contributed by atoms with E-state index < -0.39 is 0 Å². The zero-order chi connectivity index (χ0) is 91.3. The predicted molar refractivity (Wildman–Crippen MR) is 581 cm³/mol. The highest BCUT2D eigenvalue weighted by atomic mass is 16.3. The zero-order valence-corrected chi connectivity index (χ0v) is 77.3. The van der Waals surface area contributed by atoms with Crippen molar-refractivity contribution >= 4 is 121 Å². The predicted octanol–water partition coefficient (Wildman–Crippen LogP) is 38.5. The Morgan fingerprint density at radius 1 is 0.204 bits per heavy atom. The van der Waals surface area contributed by atoms with Gasteiger partial charge in [-0.1, -0.05) is 422 Å². The van der Waals surface area contributed by atoms with Gasteiger partial charge in [0.2, 0.25) is 0 Å². The van der Waals surface area contributed by atoms with Crippen LogP contribution in [0, 0.1) is 0 Å². The third-order valence-electron chi connectivity index (χ3n) is 29.7. The molecule has 0 radical (unpaired) electrons. The largest absolute Gasteiger partial charge is 0.455 e. The fourth-order valence-corrected chi connectivity index (χ4v) is 22.6. The fraction of sp³-hybridized carbons (Fsp3) is 0.113. The first-order chi connectivity index (χ1) is 67.7. The summed E-state index contributed by atoms with van der Waals surface area (Å²) in [5, 5.41) is 14.7. The van der Waals surface area contributed by atoms with Crippen LogP contribution < -0.4 is 9.80 Å². The number of hydrogen-bond acceptors (Lipinski definition) is 4. The SMILES string of the molecule is CC1(C)c2ccccc2-c2ccc(N(c3ccc(C4CCCCC4)cc3)c3ccc(C4CCCCC4)cc3)cc21.c1ccc(-c2ccc(-c3ccc(N(c4ccc(-c5cccc6c5oc5ccccc56)cc4)c4ccc(-c5cccc6c5oc5ccccc56)cc4)cc3)cc2)cc1.c1ccc2cc(-c3ccc(-c4c5ccccc5c(-c5cccc6ccccc56)c5ccccc45)cc3)ccc2c1. The van der Waals surface area contributed by atoms with E-state index in [0.717, 1.165) is 95.0 Å². The Labute approximate surface area is 801 Å². The second kappa shape index (κ2) is 36.3. The van der Waals surface area contributed by atoms with Crippen LogP contribution >= 0.6 is 0 Å². The minimum Gasteiger partial charge on any atom is -0.455 e. The summed E-state index contributed by atoms with van der Waals surface area (Å²) in [6.07, 6.45) is 13.7. The van der Waals surface area contributed by atoms with Crippen molar-refractivity contribution in [3.63, 3.8) is 0 Å². The van der Waals surface area contributed by atoms with Gasteiger partial charge in [-0.25, -0.2) is 0 Å². The van der Waals surface area contributed by atoms with E-state index in [-0.39, 0.29) is 5.41 Å². The maximum atomic E-state index is 6.41. The molecule has 0 amide bonds. The van der Waals surface area contributed by atoms with E-state index in [0.29, 0.717) is 0 Å². The first-order valence-electron chi connectivity index (χ1n) is 49.0. The average Bonchev–Trinajstić information content (AvgIpc) is 1.67. The van der Waals surface area contributed by atoms with E-state index in [1.54, 1.807) is 0 Å². The Kier molecular flexibility index (Phi) is 22.3. The summed E-state index contributed by atoms with van der Waals surface area (Å²) in [6.45, 7) is 4.76. The van der Waals surface area contributed by atoms with E-state index in [1.165, 1.54) is 213 Å². The van der Waals surface area contributed by atoms with Crippen LogP contribution in [0.15, 0.2) is 470 Å². The monoisotopic (exact) mass is 1760 g/mol. The molecular weight excluding hydrogens is 1660 g/mol. The number of nitrogens with zero attached hydrogens (tertiary/aromatic N) is 2. The van der Waals surface area contributed by atoms with Crippen LogP contribution in [0.3, 0.4) is 0 Å². The molecule has 0 spiro atoms. The summed E-state index contributed by atoms with van der Waals surface area (Å²) in [5.74, 6) is 1.45. The van der Waals surface area contributed by atoms with Gasteiger partial charge in [0.15, 0.2) is 0 Å². The molecule has 2 fully saturated rings. The molecule has 137 heavy (non-hydrogen) atoms. The number of para-hydroxylation sites is 4. The van der Waals surface area contributed by atoms with Gasteiger partial charge >= 0.3 is 0 Å². The lowest BCUT2D eigenvalue weighted by atomic mass is 9.82. The van der Waals surface area contributed by atoms with Gasteiger partial charge in [0.1, 0.15) is 22.3 Å². The fourth-order valence-electron chi connectivity index (χ4n) is 22.6. The summed E-state index contributed by atoms with van der Waals surface area (Å²) in [7, 11) is 0. The Hall–Kier alpha value is -16.1. The quantitative estimate of drug-likeness (QED) is 0.0958. The van der Waals surface area contributed by atoms with Gasteiger partial charge in [0.05, 0.1) is 0 Å². The molecule has 23 aromatic rings. The molecule has 2 saturated carbocycles. The summed E-state index contributed by atoms with van der Waals surface area (Å²) in [5.41, 5.74) is 35.9. The summed E-state index contributed by atoms with van der Waals surface area (Å²) < 4.78 is 12.8. The molecule has 0 bridgehead atoms. The van der Waals surface area contributed by atoms with Crippen LogP contribution in [0.2, 0.25) is 0 Å². The lowest BCUT2D eigenvalue weighted by Gasteiger charge is -2.29. The number of benzene rings is 21. The smallest absolute Gasteiger partial charge is 0.143 e. The van der Waals surface area contributed by atoms with Gasteiger partial charge in [0.25, 0.3) is 0 Å². The van der Waals surface area contributed by atoms with Gasteiger partial charge in [-0.15, -0.1) is 0 Å². The van der Waals surface area contributed by atoms with Gasteiger partial charge in [-0.05, 0) is 272 Å². The Morgan fingerprint density at radius 2 is 0.540 bits per heavy atom. The van der Waals surface area contributed by atoms with E-state index >= 15 is 0 Å². The van der Waals surface area contributed by atoms with E-state index in [2.05, 4.69) is 460 Å². The van der Waals surface area contributed by atoms with Crippen LogP contribution in [0.1, 0.15) is 112 Å². The lowest BCUT2D eigenvalue weighted by Crippen LogP contribution is -2.16. The van der Waals surface area contributed by atoms with Gasteiger partial charge in [0, 0.05) is 72.2 Å². The van der Waals surface area contributed by atoms with E-state index in [1.807, 2.05) is 24.3 Å². The Bertz CT molecular complexity index is 8100. The van der Waals surface area contributed by atoms with Gasteiger partial charge in [-0.3, -0.25) is 0 Å². The Morgan fingerprint density at radius 3 is 1.06 bits per heavy atom. The van der Waals surface area contributed by atoms with Crippen molar-refractivity contribution in [1.29, 1.82) is 0 Å². The van der Waals surface area contributed by atoms with Crippen molar-refractivity contribution in [1.82, 2.24) is 0 Å². The molecule has 4 nitrogen and oxygen atoms in total. The standard InChI is InChI=1S/C54H35NO2.C40H26.C39H43N/c1-2-10-36(11-3-1)37-20-22-38(23-21-37)39-24-30-42(31-25-39)55(43-32-26-40(27-33-43)45-14-8-16-49-47-12-4-6-18-51(47)56-53(45)49)44-34-28-41(29-35-44)46-15-9-17-50-48-13-5-7-19-52(48)57-54(46)50;1-2-12-31-26-32(25-22-27(31)10-1)28-20-23-30(24-21-28)39-35-15-5-7-17-37(35)40(38-18-8-6-16-36(38)39)34-19-9-13-29-11-3-4-14-33(29)34;1-39(2)37-16-10-9-15-35(37)36-26-25-34(27-38(36)39)40(32-21-17-30(18-22-32)28-11-5-3-6-12-28)33-23-19-31(20-24-33)29-13-7-4-8-14-29/h1-35H;1-26H;9-10,15-29H,3-8,11-14H2,1-2H3. The number of fused-ring (bicyclic) bond motifs is 13. The first kappa shape index (κ1) is 83.9. The molecule has 4 heteroatoms. The highest BCUT2D eigenvalue weighted by Gasteiger charge is 2.36. The number of furan rings is 2. The van der Waals surface area contributed by atoms with Gasteiger partial charge < -0.3 is 18.6 Å². The summed E-state index contributed by atoms with van der Waals surface area (Å²) in [4.78, 5) is 4.80. The third-order valence-corrected chi connectivity index (χ3v) is 29.7. The van der Waals surface area contributed by atoms with Gasteiger partial charge in [-0.2, -0.15) is 0 Å². The molecule has 2 heterocycles. The molecule has 0 unspecified atom stereocenters. The van der Waals surface area contributed by atoms with Crippen LogP contribution in [-0.4, -0.2) is 0 Å². The molecular formula is C133H104N2O2. The number of hydrogen-bond donors (Lipinski definition) is 0. The van der Waals surface area contributed by atoms with Crippen LogP contribution in [0.25, 0.3) is 176 Å². The van der Waals surface area contributed by atoms with E-state index in [4.69, 9.17) is 8.83 Å². The normalized spacial score (nSPS) is 13.6. The molecule has 26 rings (SSSR count).